The molecule has 0 bridgehead atoms. The van der Waals surface area contributed by atoms with Gasteiger partial charge in [0.2, 0.25) is 5.01 Å². The summed E-state index contributed by atoms with van der Waals surface area (Å²) in [6.07, 6.45) is -4.57. The molecule has 124 valence electrons. The number of benzene rings is 1. The largest absolute Gasteiger partial charge is 0.459 e. The normalized spacial score (nSPS) is 11.6. The third-order valence-electron chi connectivity index (χ3n) is 2.79. The molecule has 2 aromatic rings. The molecular formula is C14H14F3N3O2S. The molecule has 0 radical (unpaired) electrons. The number of rotatable bonds is 5. The van der Waals surface area contributed by atoms with Gasteiger partial charge in [0.15, 0.2) is 6.61 Å². The van der Waals surface area contributed by atoms with Gasteiger partial charge in [-0.3, -0.25) is 4.79 Å². The first-order chi connectivity index (χ1) is 10.8. The Morgan fingerprint density at radius 2 is 1.91 bits per heavy atom. The van der Waals surface area contributed by atoms with Crippen LogP contribution in [-0.4, -0.2) is 28.8 Å². The monoisotopic (exact) mass is 345 g/mol. The SMILES string of the molecule is CC(C)N(C(=O)COc1nnc(C(F)(F)F)s1)c1ccccc1. The number of amides is 1. The van der Waals surface area contributed by atoms with Crippen LogP contribution in [0.25, 0.3) is 0 Å². The van der Waals surface area contributed by atoms with Crippen molar-refractivity contribution in [2.75, 3.05) is 11.5 Å². The quantitative estimate of drug-likeness (QED) is 0.834. The molecule has 2 rings (SSSR count). The number of nitrogens with zero attached hydrogens (tertiary/aromatic N) is 3. The molecule has 1 aromatic carbocycles. The van der Waals surface area contributed by atoms with E-state index in [-0.39, 0.29) is 28.5 Å². The Hall–Kier alpha value is -2.16. The third-order valence-corrected chi connectivity index (χ3v) is 3.67. The molecule has 0 saturated heterocycles. The second kappa shape index (κ2) is 6.95. The Labute approximate surface area is 134 Å². The van der Waals surface area contributed by atoms with Crippen LogP contribution in [-0.2, 0) is 11.0 Å². The van der Waals surface area contributed by atoms with Gasteiger partial charge >= 0.3 is 6.18 Å². The number of carbonyl (C=O) groups excluding carboxylic acids is 1. The van der Waals surface area contributed by atoms with E-state index in [0.29, 0.717) is 5.69 Å². The molecule has 0 fully saturated rings. The Balaban J connectivity index is 2.04. The zero-order valence-electron chi connectivity index (χ0n) is 12.4. The first-order valence-electron chi connectivity index (χ1n) is 6.69. The van der Waals surface area contributed by atoms with E-state index in [1.165, 1.54) is 4.90 Å². The topological polar surface area (TPSA) is 55.3 Å². The second-order valence-corrected chi connectivity index (χ2v) is 5.79. The van der Waals surface area contributed by atoms with Crippen LogP contribution in [0, 0.1) is 0 Å². The molecule has 0 spiro atoms. The number of aromatic nitrogens is 2. The highest BCUT2D eigenvalue weighted by Gasteiger charge is 2.36. The van der Waals surface area contributed by atoms with Crippen LogP contribution in [0.3, 0.4) is 0 Å². The van der Waals surface area contributed by atoms with Crippen molar-refractivity contribution in [1.82, 2.24) is 10.2 Å². The summed E-state index contributed by atoms with van der Waals surface area (Å²) in [7, 11) is 0. The number of para-hydroxylation sites is 1. The van der Waals surface area contributed by atoms with Crippen LogP contribution in [0.4, 0.5) is 18.9 Å². The number of halogens is 3. The lowest BCUT2D eigenvalue weighted by atomic mass is 10.2. The van der Waals surface area contributed by atoms with Crippen LogP contribution in [0.1, 0.15) is 18.9 Å². The molecule has 23 heavy (non-hydrogen) atoms. The summed E-state index contributed by atoms with van der Waals surface area (Å²) >= 11 is 0.258. The summed E-state index contributed by atoms with van der Waals surface area (Å²) < 4.78 is 42.3. The van der Waals surface area contributed by atoms with Crippen molar-refractivity contribution in [2.24, 2.45) is 0 Å². The van der Waals surface area contributed by atoms with Crippen molar-refractivity contribution in [1.29, 1.82) is 0 Å². The van der Waals surface area contributed by atoms with Crippen molar-refractivity contribution in [3.8, 4) is 5.19 Å². The fourth-order valence-corrected chi connectivity index (χ4v) is 2.46. The Morgan fingerprint density at radius 3 is 2.43 bits per heavy atom. The minimum Gasteiger partial charge on any atom is -0.459 e. The number of hydrogen-bond acceptors (Lipinski definition) is 5. The second-order valence-electron chi connectivity index (χ2n) is 4.85. The first kappa shape index (κ1) is 17.2. The fourth-order valence-electron chi connectivity index (χ4n) is 1.89. The van der Waals surface area contributed by atoms with Crippen LogP contribution in [0.2, 0.25) is 0 Å². The van der Waals surface area contributed by atoms with Gasteiger partial charge in [0, 0.05) is 11.7 Å². The number of ether oxygens (including phenoxy) is 1. The smallest absolute Gasteiger partial charge is 0.445 e. The average molecular weight is 345 g/mol. The van der Waals surface area contributed by atoms with Crippen molar-refractivity contribution < 1.29 is 22.7 Å². The van der Waals surface area contributed by atoms with E-state index in [0.717, 1.165) is 0 Å². The van der Waals surface area contributed by atoms with E-state index < -0.39 is 17.8 Å². The highest BCUT2D eigenvalue weighted by molar-refractivity contribution is 7.13. The van der Waals surface area contributed by atoms with Gasteiger partial charge in [0.1, 0.15) is 0 Å². The van der Waals surface area contributed by atoms with E-state index in [4.69, 9.17) is 4.74 Å². The first-order valence-corrected chi connectivity index (χ1v) is 7.51. The van der Waals surface area contributed by atoms with E-state index in [1.807, 2.05) is 19.9 Å². The molecular weight excluding hydrogens is 331 g/mol. The number of hydrogen-bond donors (Lipinski definition) is 0. The third kappa shape index (κ3) is 4.41. The molecule has 0 saturated carbocycles. The highest BCUT2D eigenvalue weighted by Crippen LogP contribution is 2.33. The molecule has 0 N–H and O–H groups in total. The van der Waals surface area contributed by atoms with Gasteiger partial charge in [-0.05, 0) is 26.0 Å². The lowest BCUT2D eigenvalue weighted by molar-refractivity contribution is -0.138. The number of alkyl halides is 3. The minimum atomic E-state index is -4.57. The van der Waals surface area contributed by atoms with E-state index in [1.54, 1.807) is 24.3 Å². The molecule has 1 aromatic heterocycles. The molecule has 0 aliphatic rings. The van der Waals surface area contributed by atoms with Crippen LogP contribution < -0.4 is 9.64 Å². The lowest BCUT2D eigenvalue weighted by Gasteiger charge is -2.26. The summed E-state index contributed by atoms with van der Waals surface area (Å²) in [6, 6.07) is 8.81. The summed E-state index contributed by atoms with van der Waals surface area (Å²) in [6.45, 7) is 3.24. The maximum absolute atomic E-state index is 12.4. The van der Waals surface area contributed by atoms with Crippen LogP contribution in [0.5, 0.6) is 5.19 Å². The van der Waals surface area contributed by atoms with Crippen molar-refractivity contribution >= 4 is 22.9 Å². The number of carbonyl (C=O) groups is 1. The van der Waals surface area contributed by atoms with Gasteiger partial charge in [-0.15, -0.1) is 5.10 Å². The van der Waals surface area contributed by atoms with Gasteiger partial charge < -0.3 is 9.64 Å². The van der Waals surface area contributed by atoms with E-state index in [2.05, 4.69) is 10.2 Å². The zero-order chi connectivity index (χ0) is 17.0. The summed E-state index contributed by atoms with van der Waals surface area (Å²) in [5.41, 5.74) is 0.685. The number of anilines is 1. The van der Waals surface area contributed by atoms with E-state index in [9.17, 15) is 18.0 Å². The molecule has 9 heteroatoms. The van der Waals surface area contributed by atoms with Crippen molar-refractivity contribution in [2.45, 2.75) is 26.1 Å². The Morgan fingerprint density at radius 1 is 1.26 bits per heavy atom. The van der Waals surface area contributed by atoms with Gasteiger partial charge in [-0.25, -0.2) is 0 Å². The maximum atomic E-state index is 12.4. The summed E-state index contributed by atoms with van der Waals surface area (Å²) in [4.78, 5) is 13.8. The molecule has 1 heterocycles. The maximum Gasteiger partial charge on any atom is 0.445 e. The van der Waals surface area contributed by atoms with Gasteiger partial charge in [-0.2, -0.15) is 13.2 Å². The molecule has 0 unspecified atom stereocenters. The highest BCUT2D eigenvalue weighted by atomic mass is 32.1. The molecule has 0 aliphatic carbocycles. The van der Waals surface area contributed by atoms with Gasteiger partial charge in [0.25, 0.3) is 11.1 Å². The average Bonchev–Trinajstić information content (AvgIpc) is 2.95. The zero-order valence-corrected chi connectivity index (χ0v) is 13.2. The predicted octanol–water partition coefficient (Wildman–Crippen LogP) is 3.38. The van der Waals surface area contributed by atoms with E-state index >= 15 is 0 Å². The van der Waals surface area contributed by atoms with Gasteiger partial charge in [-0.1, -0.05) is 34.6 Å². The Kier molecular flexibility index (Phi) is 5.19. The fraction of sp³-hybridized carbons (Fsp3) is 0.357. The van der Waals surface area contributed by atoms with Crippen LogP contribution in [0.15, 0.2) is 30.3 Å². The van der Waals surface area contributed by atoms with Gasteiger partial charge in [0.05, 0.1) is 0 Å². The Bertz CT molecular complexity index is 659. The predicted molar refractivity (Wildman–Crippen MR) is 79.5 cm³/mol. The summed E-state index contributed by atoms with van der Waals surface area (Å²) in [5.74, 6) is -0.380. The van der Waals surface area contributed by atoms with Crippen molar-refractivity contribution in [3.05, 3.63) is 35.3 Å². The molecule has 0 aliphatic heterocycles. The molecule has 5 nitrogen and oxygen atoms in total. The summed E-state index contributed by atoms with van der Waals surface area (Å²) in [5, 5.41) is 4.89. The van der Waals surface area contributed by atoms with Crippen LogP contribution >= 0.6 is 11.3 Å². The molecule has 1 amide bonds. The van der Waals surface area contributed by atoms with Crippen molar-refractivity contribution in [3.63, 3.8) is 0 Å². The standard InChI is InChI=1S/C14H14F3N3O2S/c1-9(2)20(10-6-4-3-5-7-10)11(21)8-22-13-19-18-12(23-13)14(15,16)17/h3-7,9H,8H2,1-2H3. The lowest BCUT2D eigenvalue weighted by Crippen LogP contribution is -2.40. The minimum absolute atomic E-state index is 0.131. The molecule has 0 atom stereocenters.